The fourth-order valence-corrected chi connectivity index (χ4v) is 3.53. The van der Waals surface area contributed by atoms with Crippen LogP contribution in [0.4, 0.5) is 9.52 Å². The van der Waals surface area contributed by atoms with E-state index in [0.717, 1.165) is 25.0 Å². The molecule has 1 aromatic carbocycles. The molecule has 0 saturated carbocycles. The molecule has 0 spiro atoms. The lowest BCUT2D eigenvalue weighted by molar-refractivity contribution is 0.102. The molecule has 1 atom stereocenters. The minimum Gasteiger partial charge on any atom is -0.298 e. The molecule has 0 fully saturated rings. The van der Waals surface area contributed by atoms with Crippen molar-refractivity contribution in [3.63, 3.8) is 0 Å². The largest absolute Gasteiger partial charge is 0.298 e. The number of aryl methyl sites for hydroxylation is 1. The summed E-state index contributed by atoms with van der Waals surface area (Å²) in [5.41, 5.74) is 1.55. The number of carbonyl (C=O) groups excluding carboxylic acids is 1. The van der Waals surface area contributed by atoms with Gasteiger partial charge in [0.05, 0.1) is 5.69 Å². The zero-order valence-electron chi connectivity index (χ0n) is 11.1. The molecule has 1 unspecified atom stereocenters. The van der Waals surface area contributed by atoms with Crippen LogP contribution in [0.3, 0.4) is 0 Å². The van der Waals surface area contributed by atoms with E-state index in [0.29, 0.717) is 16.6 Å². The lowest BCUT2D eigenvalue weighted by Gasteiger charge is -2.15. The van der Waals surface area contributed by atoms with E-state index >= 15 is 0 Å². The number of hydrogen-bond acceptors (Lipinski definition) is 3. The summed E-state index contributed by atoms with van der Waals surface area (Å²) in [5, 5.41) is 3.43. The van der Waals surface area contributed by atoms with E-state index in [-0.39, 0.29) is 11.7 Å². The molecule has 2 aromatic rings. The Morgan fingerprint density at radius 1 is 1.40 bits per heavy atom. The maximum absolute atomic E-state index is 12.8. The Balaban J connectivity index is 1.75. The van der Waals surface area contributed by atoms with Gasteiger partial charge < -0.3 is 0 Å². The van der Waals surface area contributed by atoms with Crippen molar-refractivity contribution in [2.24, 2.45) is 5.92 Å². The third kappa shape index (κ3) is 2.72. The number of thiazole rings is 1. The minimum atomic E-state index is -0.347. The first-order chi connectivity index (χ1) is 9.61. The summed E-state index contributed by atoms with van der Waals surface area (Å²) in [6.07, 6.45) is 3.18. The van der Waals surface area contributed by atoms with Gasteiger partial charge in [-0.2, -0.15) is 0 Å². The van der Waals surface area contributed by atoms with Gasteiger partial charge in [0.15, 0.2) is 5.13 Å². The Morgan fingerprint density at radius 2 is 2.15 bits per heavy atom. The molecular formula is C15H15FN2OS. The molecule has 0 aliphatic heterocycles. The molecule has 20 heavy (non-hydrogen) atoms. The summed E-state index contributed by atoms with van der Waals surface area (Å²) < 4.78 is 12.8. The van der Waals surface area contributed by atoms with Crippen molar-refractivity contribution in [2.45, 2.75) is 26.2 Å². The predicted molar refractivity (Wildman–Crippen MR) is 77.7 cm³/mol. The first kappa shape index (κ1) is 13.2. The summed E-state index contributed by atoms with van der Waals surface area (Å²) >= 11 is 1.55. The maximum Gasteiger partial charge on any atom is 0.257 e. The minimum absolute atomic E-state index is 0.246. The number of benzene rings is 1. The Hall–Kier alpha value is -1.75. The van der Waals surface area contributed by atoms with Crippen LogP contribution in [0.2, 0.25) is 0 Å². The van der Waals surface area contributed by atoms with Crippen LogP contribution in [-0.4, -0.2) is 10.9 Å². The van der Waals surface area contributed by atoms with Crippen LogP contribution < -0.4 is 5.32 Å². The van der Waals surface area contributed by atoms with Gasteiger partial charge in [-0.25, -0.2) is 9.37 Å². The number of fused-ring (bicyclic) bond motifs is 1. The number of hydrogen-bond donors (Lipinski definition) is 1. The summed E-state index contributed by atoms with van der Waals surface area (Å²) in [7, 11) is 0. The second kappa shape index (κ2) is 5.32. The van der Waals surface area contributed by atoms with E-state index in [1.807, 2.05) is 0 Å². The van der Waals surface area contributed by atoms with Crippen molar-refractivity contribution in [3.05, 3.63) is 46.2 Å². The average Bonchev–Trinajstić information content (AvgIpc) is 2.80. The number of amides is 1. The molecular weight excluding hydrogens is 275 g/mol. The van der Waals surface area contributed by atoms with Gasteiger partial charge in [0.25, 0.3) is 5.91 Å². The number of nitrogens with zero attached hydrogens (tertiary/aromatic N) is 1. The highest BCUT2D eigenvalue weighted by molar-refractivity contribution is 7.15. The van der Waals surface area contributed by atoms with Crippen LogP contribution in [0.1, 0.15) is 34.3 Å². The number of aromatic nitrogens is 1. The zero-order valence-corrected chi connectivity index (χ0v) is 12.0. The van der Waals surface area contributed by atoms with E-state index in [2.05, 4.69) is 17.2 Å². The van der Waals surface area contributed by atoms with Crippen LogP contribution in [0.25, 0.3) is 0 Å². The van der Waals surface area contributed by atoms with Crippen LogP contribution >= 0.6 is 11.3 Å². The zero-order chi connectivity index (χ0) is 14.1. The number of carbonyl (C=O) groups is 1. The monoisotopic (exact) mass is 290 g/mol. The van der Waals surface area contributed by atoms with Gasteiger partial charge >= 0.3 is 0 Å². The second-order valence-corrected chi connectivity index (χ2v) is 6.28. The molecule has 0 saturated heterocycles. The summed E-state index contributed by atoms with van der Waals surface area (Å²) in [4.78, 5) is 17.8. The van der Waals surface area contributed by atoms with Gasteiger partial charge in [0.2, 0.25) is 0 Å². The molecule has 0 bridgehead atoms. The summed E-state index contributed by atoms with van der Waals surface area (Å²) in [6.45, 7) is 2.24. The molecule has 1 aliphatic rings. The molecule has 1 aliphatic carbocycles. The van der Waals surface area contributed by atoms with E-state index < -0.39 is 0 Å². The molecule has 5 heteroatoms. The Labute approximate surface area is 120 Å². The van der Waals surface area contributed by atoms with Crippen molar-refractivity contribution in [3.8, 4) is 0 Å². The maximum atomic E-state index is 12.8. The fraction of sp³-hybridized carbons (Fsp3) is 0.333. The number of halogens is 1. The van der Waals surface area contributed by atoms with E-state index in [1.165, 1.54) is 29.1 Å². The molecule has 3 rings (SSSR count). The number of nitrogens with one attached hydrogen (secondary N) is 1. The third-order valence-electron chi connectivity index (χ3n) is 3.51. The normalized spacial score (nSPS) is 17.6. The van der Waals surface area contributed by atoms with Gasteiger partial charge in [0, 0.05) is 10.4 Å². The van der Waals surface area contributed by atoms with Gasteiger partial charge in [0.1, 0.15) is 5.82 Å². The van der Waals surface area contributed by atoms with Gasteiger partial charge in [-0.05, 0) is 49.4 Å². The molecule has 1 heterocycles. The summed E-state index contributed by atoms with van der Waals surface area (Å²) in [5.74, 6) is 0.0907. The highest BCUT2D eigenvalue weighted by Gasteiger charge is 2.20. The molecule has 1 amide bonds. The lowest BCUT2D eigenvalue weighted by Crippen LogP contribution is -2.12. The molecule has 1 N–H and O–H groups in total. The predicted octanol–water partition coefficient (Wildman–Crippen LogP) is 3.66. The summed E-state index contributed by atoms with van der Waals surface area (Å²) in [6, 6.07) is 5.51. The fourth-order valence-electron chi connectivity index (χ4n) is 2.36. The topological polar surface area (TPSA) is 42.0 Å². The van der Waals surface area contributed by atoms with E-state index in [9.17, 15) is 9.18 Å². The van der Waals surface area contributed by atoms with Gasteiger partial charge in [-0.3, -0.25) is 10.1 Å². The number of rotatable bonds is 2. The van der Waals surface area contributed by atoms with E-state index in [1.54, 1.807) is 11.3 Å². The molecule has 104 valence electrons. The highest BCUT2D eigenvalue weighted by atomic mass is 32.1. The molecule has 1 aromatic heterocycles. The first-order valence-electron chi connectivity index (χ1n) is 6.67. The van der Waals surface area contributed by atoms with Crippen LogP contribution in [0, 0.1) is 11.7 Å². The van der Waals surface area contributed by atoms with Crippen LogP contribution in [0.5, 0.6) is 0 Å². The van der Waals surface area contributed by atoms with Crippen molar-refractivity contribution >= 4 is 22.4 Å². The van der Waals surface area contributed by atoms with Crippen molar-refractivity contribution < 1.29 is 9.18 Å². The van der Waals surface area contributed by atoms with Crippen LogP contribution in [0.15, 0.2) is 24.3 Å². The molecule has 3 nitrogen and oxygen atoms in total. The van der Waals surface area contributed by atoms with E-state index in [4.69, 9.17) is 0 Å². The second-order valence-electron chi connectivity index (χ2n) is 5.20. The number of anilines is 1. The first-order valence-corrected chi connectivity index (χ1v) is 7.49. The van der Waals surface area contributed by atoms with Gasteiger partial charge in [-0.15, -0.1) is 11.3 Å². The van der Waals surface area contributed by atoms with Gasteiger partial charge in [-0.1, -0.05) is 6.92 Å². The Bertz CT molecular complexity index is 636. The Kier molecular flexibility index (Phi) is 3.53. The standard InChI is InChI=1S/C15H15FN2OS/c1-9-2-7-12-13(8-9)20-15(17-12)18-14(19)10-3-5-11(16)6-4-10/h3-6,9H,2,7-8H2,1H3,(H,17,18,19). The highest BCUT2D eigenvalue weighted by Crippen LogP contribution is 2.32. The molecule has 0 radical (unpaired) electrons. The van der Waals surface area contributed by atoms with Crippen molar-refractivity contribution in [1.82, 2.24) is 4.98 Å². The lowest BCUT2D eigenvalue weighted by atomic mass is 9.93. The Morgan fingerprint density at radius 3 is 2.90 bits per heavy atom. The average molecular weight is 290 g/mol. The smallest absolute Gasteiger partial charge is 0.257 e. The SMILES string of the molecule is CC1CCc2nc(NC(=O)c3ccc(F)cc3)sc2C1. The van der Waals surface area contributed by atoms with Crippen molar-refractivity contribution in [2.75, 3.05) is 5.32 Å². The van der Waals surface area contributed by atoms with Crippen LogP contribution in [-0.2, 0) is 12.8 Å². The van der Waals surface area contributed by atoms with Crippen molar-refractivity contribution in [1.29, 1.82) is 0 Å². The third-order valence-corrected chi connectivity index (χ3v) is 4.55. The quantitative estimate of drug-likeness (QED) is 0.917.